The Kier molecular flexibility index (Phi) is 41.4. The van der Waals surface area contributed by atoms with Crippen LogP contribution in [0.3, 0.4) is 0 Å². The molecular formula is C40H76O6. The van der Waals surface area contributed by atoms with Gasteiger partial charge in [0.25, 0.3) is 0 Å². The molecule has 0 fully saturated rings. The van der Waals surface area contributed by atoms with Crippen LogP contribution in [0.1, 0.15) is 219 Å². The van der Waals surface area contributed by atoms with E-state index in [4.69, 9.17) is 14.9 Å². The van der Waals surface area contributed by atoms with Crippen molar-refractivity contribution in [1.82, 2.24) is 0 Å². The molecule has 6 nitrogen and oxygen atoms in total. The van der Waals surface area contributed by atoms with Crippen molar-refractivity contribution < 1.29 is 29.3 Å². The Labute approximate surface area is 284 Å². The van der Waals surface area contributed by atoms with Gasteiger partial charge < -0.3 is 14.9 Å². The molecule has 0 spiro atoms. The predicted octanol–water partition coefficient (Wildman–Crippen LogP) is 12.8. The fourth-order valence-electron chi connectivity index (χ4n) is 5.66. The van der Waals surface area contributed by atoms with Crippen LogP contribution in [0, 0.1) is 0 Å². The molecule has 0 bridgehead atoms. The smallest absolute Gasteiger partial charge is 0.331 e. The summed E-state index contributed by atoms with van der Waals surface area (Å²) in [5.74, 6) is -2.36. The van der Waals surface area contributed by atoms with E-state index in [9.17, 15) is 14.4 Å². The van der Waals surface area contributed by atoms with Crippen LogP contribution in [0.4, 0.5) is 0 Å². The maximum atomic E-state index is 11.1. The van der Waals surface area contributed by atoms with Crippen molar-refractivity contribution in [3.05, 3.63) is 12.2 Å². The normalized spacial score (nSPS) is 11.0. The average Bonchev–Trinajstić information content (AvgIpc) is 3.03. The second-order valence-electron chi connectivity index (χ2n) is 13.2. The van der Waals surface area contributed by atoms with Crippen molar-refractivity contribution >= 4 is 17.9 Å². The fourth-order valence-corrected chi connectivity index (χ4v) is 5.66. The number of carbonyl (C=O) groups excluding carboxylic acids is 1. The van der Waals surface area contributed by atoms with Gasteiger partial charge in [-0.1, -0.05) is 200 Å². The number of hydrogen-bond acceptors (Lipinski definition) is 4. The molecule has 0 unspecified atom stereocenters. The number of carbonyl (C=O) groups is 3. The number of hydrogen-bond donors (Lipinski definition) is 2. The third-order valence-electron chi connectivity index (χ3n) is 8.60. The highest BCUT2D eigenvalue weighted by molar-refractivity contribution is 5.90. The number of aliphatic carboxylic acids is 2. The van der Waals surface area contributed by atoms with E-state index < -0.39 is 17.9 Å². The van der Waals surface area contributed by atoms with E-state index in [-0.39, 0.29) is 0 Å². The van der Waals surface area contributed by atoms with Gasteiger partial charge in [0.15, 0.2) is 0 Å². The van der Waals surface area contributed by atoms with Crippen molar-refractivity contribution in [1.29, 1.82) is 0 Å². The number of unbranched alkanes of at least 4 members (excludes halogenated alkanes) is 29. The van der Waals surface area contributed by atoms with E-state index in [1.807, 2.05) is 0 Å². The Morgan fingerprint density at radius 1 is 0.413 bits per heavy atom. The Morgan fingerprint density at radius 3 is 0.978 bits per heavy atom. The van der Waals surface area contributed by atoms with Crippen molar-refractivity contribution in [3.8, 4) is 0 Å². The number of rotatable bonds is 35. The van der Waals surface area contributed by atoms with Crippen LogP contribution in [-0.2, 0) is 19.1 Å². The molecule has 0 aromatic rings. The Bertz CT molecular complexity index is 675. The van der Waals surface area contributed by atoms with Crippen molar-refractivity contribution in [2.75, 3.05) is 6.61 Å². The molecule has 6 heteroatoms. The summed E-state index contributed by atoms with van der Waals surface area (Å²) in [6.07, 6.45) is 42.9. The average molecular weight is 653 g/mol. The van der Waals surface area contributed by atoms with E-state index >= 15 is 0 Å². The zero-order valence-electron chi connectivity index (χ0n) is 30.5. The highest BCUT2D eigenvalue weighted by atomic mass is 16.5. The van der Waals surface area contributed by atoms with E-state index in [1.54, 1.807) is 0 Å². The van der Waals surface area contributed by atoms with Crippen LogP contribution in [0.5, 0.6) is 0 Å². The molecule has 0 saturated carbocycles. The van der Waals surface area contributed by atoms with E-state index in [1.165, 1.54) is 173 Å². The minimum atomic E-state index is -1.13. The third kappa shape index (κ3) is 46.6. The number of ether oxygens (including phenoxy) is 1. The SMILES string of the molecule is CCCCCCCCCCCCCCCCCC(=O)O.CCCCCCCCCCCCCCCCCCOC(=O)C=CC(=O)O. The summed E-state index contributed by atoms with van der Waals surface area (Å²) in [5, 5.41) is 16.9. The first kappa shape index (κ1) is 46.3. The van der Waals surface area contributed by atoms with Crippen molar-refractivity contribution in [3.63, 3.8) is 0 Å². The van der Waals surface area contributed by atoms with Crippen molar-refractivity contribution in [2.45, 2.75) is 219 Å². The first-order chi connectivity index (χ1) is 22.4. The molecule has 0 aliphatic carbocycles. The zero-order valence-corrected chi connectivity index (χ0v) is 30.5. The molecule has 0 aliphatic heterocycles. The lowest BCUT2D eigenvalue weighted by Crippen LogP contribution is -2.03. The second-order valence-corrected chi connectivity index (χ2v) is 13.2. The maximum Gasteiger partial charge on any atom is 0.331 e. The largest absolute Gasteiger partial charge is 0.481 e. The lowest BCUT2D eigenvalue weighted by Gasteiger charge is -2.04. The number of carboxylic acids is 2. The molecule has 0 aromatic heterocycles. The van der Waals surface area contributed by atoms with Crippen LogP contribution in [0.15, 0.2) is 12.2 Å². The fraction of sp³-hybridized carbons (Fsp3) is 0.875. The molecule has 272 valence electrons. The Morgan fingerprint density at radius 2 is 0.696 bits per heavy atom. The lowest BCUT2D eigenvalue weighted by atomic mass is 10.0. The zero-order chi connectivity index (χ0) is 34.2. The molecule has 0 amide bonds. The van der Waals surface area contributed by atoms with Gasteiger partial charge in [-0.15, -0.1) is 0 Å². The highest BCUT2D eigenvalue weighted by Gasteiger charge is 2.00. The minimum absolute atomic E-state index is 0.345. The van der Waals surface area contributed by atoms with Gasteiger partial charge in [-0.25, -0.2) is 9.59 Å². The summed E-state index contributed by atoms with van der Waals surface area (Å²) in [7, 11) is 0. The lowest BCUT2D eigenvalue weighted by molar-refractivity contribution is -0.139. The molecule has 46 heavy (non-hydrogen) atoms. The first-order valence-electron chi connectivity index (χ1n) is 19.7. The quantitative estimate of drug-likeness (QED) is 0.0401. The highest BCUT2D eigenvalue weighted by Crippen LogP contribution is 2.15. The van der Waals surface area contributed by atoms with Crippen LogP contribution < -0.4 is 0 Å². The topological polar surface area (TPSA) is 101 Å². The first-order valence-corrected chi connectivity index (χ1v) is 19.7. The van der Waals surface area contributed by atoms with Gasteiger partial charge in [-0.05, 0) is 12.8 Å². The van der Waals surface area contributed by atoms with Crippen LogP contribution in [0.25, 0.3) is 0 Å². The Hall–Kier alpha value is -1.85. The molecule has 0 aliphatic rings. The van der Waals surface area contributed by atoms with E-state index in [2.05, 4.69) is 13.8 Å². The molecule has 0 saturated heterocycles. The summed E-state index contributed by atoms with van der Waals surface area (Å²) in [6, 6.07) is 0. The molecule has 0 radical (unpaired) electrons. The molecule has 2 N–H and O–H groups in total. The summed E-state index contributed by atoms with van der Waals surface area (Å²) < 4.78 is 4.92. The Balaban J connectivity index is 0. The molecule has 0 atom stereocenters. The summed E-state index contributed by atoms with van der Waals surface area (Å²) in [4.78, 5) is 31.7. The van der Waals surface area contributed by atoms with Gasteiger partial charge in [0, 0.05) is 18.6 Å². The van der Waals surface area contributed by atoms with Crippen molar-refractivity contribution in [2.24, 2.45) is 0 Å². The van der Waals surface area contributed by atoms with Gasteiger partial charge >= 0.3 is 17.9 Å². The van der Waals surface area contributed by atoms with Crippen LogP contribution in [0.2, 0.25) is 0 Å². The minimum Gasteiger partial charge on any atom is -0.481 e. The van der Waals surface area contributed by atoms with E-state index in [0.29, 0.717) is 13.0 Å². The maximum absolute atomic E-state index is 11.1. The monoisotopic (exact) mass is 653 g/mol. The number of carboxylic acid groups (broad SMARTS) is 2. The summed E-state index contributed by atoms with van der Waals surface area (Å²) in [6.45, 7) is 4.91. The standard InChI is InChI=1S/C22H40O4.C18H36O2/c1-2-3-4-5-6-7-8-9-10-11-12-13-14-15-16-17-20-26-22(25)19-18-21(23)24;1-2-3-4-5-6-7-8-9-10-11-12-13-14-15-16-17-18(19)20/h18-19H,2-17,20H2,1H3,(H,23,24);2-17H2,1H3,(H,19,20). The molecule has 0 aromatic carbocycles. The van der Waals surface area contributed by atoms with Gasteiger partial charge in [0.1, 0.15) is 0 Å². The van der Waals surface area contributed by atoms with Gasteiger partial charge in [0.2, 0.25) is 0 Å². The summed E-state index contributed by atoms with van der Waals surface area (Å²) in [5.41, 5.74) is 0. The van der Waals surface area contributed by atoms with Gasteiger partial charge in [-0.3, -0.25) is 4.79 Å². The van der Waals surface area contributed by atoms with Crippen LogP contribution >= 0.6 is 0 Å². The second kappa shape index (κ2) is 41.2. The third-order valence-corrected chi connectivity index (χ3v) is 8.60. The molecule has 0 heterocycles. The molecule has 0 rings (SSSR count). The molecular weight excluding hydrogens is 576 g/mol. The van der Waals surface area contributed by atoms with Gasteiger partial charge in [0.05, 0.1) is 6.61 Å². The van der Waals surface area contributed by atoms with E-state index in [0.717, 1.165) is 37.8 Å². The van der Waals surface area contributed by atoms with Gasteiger partial charge in [-0.2, -0.15) is 0 Å². The van der Waals surface area contributed by atoms with Crippen LogP contribution in [-0.4, -0.2) is 34.7 Å². The number of esters is 1. The predicted molar refractivity (Wildman–Crippen MR) is 194 cm³/mol. The summed E-state index contributed by atoms with van der Waals surface area (Å²) >= 11 is 0.